The van der Waals surface area contributed by atoms with Crippen molar-refractivity contribution in [2.45, 2.75) is 38.1 Å². The molecule has 3 amide bonds. The van der Waals surface area contributed by atoms with E-state index in [9.17, 15) is 14.4 Å². The van der Waals surface area contributed by atoms with Gasteiger partial charge in [0.15, 0.2) is 0 Å². The van der Waals surface area contributed by atoms with E-state index in [1.54, 1.807) is 12.1 Å². The van der Waals surface area contributed by atoms with Crippen LogP contribution in [0.4, 0.5) is 4.79 Å². The molecule has 0 aliphatic carbocycles. The summed E-state index contributed by atoms with van der Waals surface area (Å²) < 4.78 is 11.1. The molecular formula is C33H33N3O5. The summed E-state index contributed by atoms with van der Waals surface area (Å²) in [6.07, 6.45) is -0.366. The first kappa shape index (κ1) is 28.9. The SMILES string of the molecule is NC(=O)[C@H](Cc1ccc(OCc2ccccc2)cc1)NC(=O)[C@@H](Cc1ccccc1)NC(=O)OCc1ccccc1. The Kier molecular flexibility index (Phi) is 10.5. The number of rotatable bonds is 13. The number of hydrogen-bond acceptors (Lipinski definition) is 5. The second kappa shape index (κ2) is 14.9. The Balaban J connectivity index is 1.37. The lowest BCUT2D eigenvalue weighted by atomic mass is 10.0. The van der Waals surface area contributed by atoms with Crippen LogP contribution in [0.5, 0.6) is 5.75 Å². The molecule has 0 aromatic heterocycles. The predicted octanol–water partition coefficient (Wildman–Crippen LogP) is 4.32. The van der Waals surface area contributed by atoms with E-state index in [2.05, 4.69) is 10.6 Å². The predicted molar refractivity (Wildman–Crippen MR) is 156 cm³/mol. The van der Waals surface area contributed by atoms with Crippen LogP contribution in [-0.4, -0.2) is 30.0 Å². The molecule has 0 heterocycles. The van der Waals surface area contributed by atoms with Gasteiger partial charge in [-0.1, -0.05) is 103 Å². The van der Waals surface area contributed by atoms with Crippen LogP contribution in [0.2, 0.25) is 0 Å². The average molecular weight is 552 g/mol. The number of nitrogens with one attached hydrogen (secondary N) is 2. The first-order chi connectivity index (χ1) is 20.0. The summed E-state index contributed by atoms with van der Waals surface area (Å²) in [6, 6.07) is 33.6. The van der Waals surface area contributed by atoms with E-state index in [1.165, 1.54) is 0 Å². The molecule has 210 valence electrons. The zero-order valence-electron chi connectivity index (χ0n) is 22.6. The average Bonchev–Trinajstić information content (AvgIpc) is 3.00. The fourth-order valence-electron chi connectivity index (χ4n) is 4.16. The van der Waals surface area contributed by atoms with Crippen LogP contribution in [0.15, 0.2) is 115 Å². The minimum absolute atomic E-state index is 0.0569. The van der Waals surface area contributed by atoms with E-state index in [-0.39, 0.29) is 19.4 Å². The Morgan fingerprint density at radius 3 is 1.63 bits per heavy atom. The van der Waals surface area contributed by atoms with E-state index in [0.29, 0.717) is 12.4 Å². The first-order valence-electron chi connectivity index (χ1n) is 13.3. The summed E-state index contributed by atoms with van der Waals surface area (Å²) in [6.45, 7) is 0.491. The molecule has 0 aliphatic heterocycles. The van der Waals surface area contributed by atoms with E-state index in [1.807, 2.05) is 103 Å². The molecule has 4 aromatic carbocycles. The number of nitrogens with two attached hydrogens (primary N) is 1. The second-order valence-electron chi connectivity index (χ2n) is 9.53. The molecule has 0 saturated heterocycles. The van der Waals surface area contributed by atoms with Crippen LogP contribution in [0.1, 0.15) is 22.3 Å². The summed E-state index contributed by atoms with van der Waals surface area (Å²) in [5.74, 6) is -0.552. The van der Waals surface area contributed by atoms with Gasteiger partial charge in [0.2, 0.25) is 11.8 Å². The molecule has 41 heavy (non-hydrogen) atoms. The van der Waals surface area contributed by atoms with Gasteiger partial charge >= 0.3 is 6.09 Å². The van der Waals surface area contributed by atoms with Gasteiger partial charge in [0.1, 0.15) is 31.0 Å². The lowest BCUT2D eigenvalue weighted by Crippen LogP contribution is -2.54. The highest BCUT2D eigenvalue weighted by Crippen LogP contribution is 2.16. The fraction of sp³-hybridized carbons (Fsp3) is 0.182. The van der Waals surface area contributed by atoms with Crippen LogP contribution in [0.25, 0.3) is 0 Å². The third-order valence-corrected chi connectivity index (χ3v) is 6.38. The van der Waals surface area contributed by atoms with Crippen molar-refractivity contribution in [1.82, 2.24) is 10.6 Å². The molecule has 0 unspecified atom stereocenters. The maximum absolute atomic E-state index is 13.3. The Morgan fingerprint density at radius 2 is 1.07 bits per heavy atom. The Labute approximate surface area is 239 Å². The third-order valence-electron chi connectivity index (χ3n) is 6.38. The fourth-order valence-corrected chi connectivity index (χ4v) is 4.16. The van der Waals surface area contributed by atoms with Gasteiger partial charge < -0.3 is 25.8 Å². The summed E-state index contributed by atoms with van der Waals surface area (Å²) in [5, 5.41) is 5.35. The summed E-state index contributed by atoms with van der Waals surface area (Å²) in [5.41, 5.74) is 9.14. The summed E-state index contributed by atoms with van der Waals surface area (Å²) in [4.78, 5) is 38.2. The molecule has 4 N–H and O–H groups in total. The first-order valence-corrected chi connectivity index (χ1v) is 13.3. The maximum atomic E-state index is 13.3. The van der Waals surface area contributed by atoms with Gasteiger partial charge in [-0.2, -0.15) is 0 Å². The lowest BCUT2D eigenvalue weighted by Gasteiger charge is -2.22. The van der Waals surface area contributed by atoms with Crippen molar-refractivity contribution >= 4 is 17.9 Å². The Bertz CT molecular complexity index is 1400. The van der Waals surface area contributed by atoms with E-state index >= 15 is 0 Å². The molecule has 0 bridgehead atoms. The van der Waals surface area contributed by atoms with Crippen LogP contribution >= 0.6 is 0 Å². The van der Waals surface area contributed by atoms with Crippen molar-refractivity contribution in [2.24, 2.45) is 5.73 Å². The van der Waals surface area contributed by atoms with Crippen molar-refractivity contribution in [1.29, 1.82) is 0 Å². The maximum Gasteiger partial charge on any atom is 0.408 e. The van der Waals surface area contributed by atoms with Crippen molar-refractivity contribution in [3.05, 3.63) is 138 Å². The van der Waals surface area contributed by atoms with Crippen LogP contribution in [0, 0.1) is 0 Å². The number of primary amides is 1. The Hall–Kier alpha value is -5.11. The van der Waals surface area contributed by atoms with Crippen molar-refractivity contribution in [2.75, 3.05) is 0 Å². The standard InChI is InChI=1S/C33H33N3O5/c34-31(37)29(20-25-16-18-28(19-17-25)40-22-26-12-6-2-7-13-26)35-32(38)30(21-24-10-4-1-5-11-24)36-33(39)41-23-27-14-8-3-9-15-27/h1-19,29-30H,20-23H2,(H2,34,37)(H,35,38)(H,36,39)/t29-,30+/m0/s1. The molecule has 8 heteroatoms. The topological polar surface area (TPSA) is 120 Å². The minimum atomic E-state index is -0.990. The summed E-state index contributed by atoms with van der Waals surface area (Å²) in [7, 11) is 0. The lowest BCUT2D eigenvalue weighted by molar-refractivity contribution is -0.128. The molecule has 8 nitrogen and oxygen atoms in total. The zero-order chi connectivity index (χ0) is 28.9. The number of amides is 3. The van der Waals surface area contributed by atoms with E-state index in [0.717, 1.165) is 22.3 Å². The number of benzene rings is 4. The highest BCUT2D eigenvalue weighted by molar-refractivity contribution is 5.91. The second-order valence-corrected chi connectivity index (χ2v) is 9.53. The largest absolute Gasteiger partial charge is 0.489 e. The van der Waals surface area contributed by atoms with Gasteiger partial charge in [0, 0.05) is 12.8 Å². The number of alkyl carbamates (subject to hydrolysis) is 1. The van der Waals surface area contributed by atoms with E-state index < -0.39 is 30.0 Å². The summed E-state index contributed by atoms with van der Waals surface area (Å²) >= 11 is 0. The molecule has 0 fully saturated rings. The smallest absolute Gasteiger partial charge is 0.408 e. The molecule has 0 spiro atoms. The third kappa shape index (κ3) is 9.54. The van der Waals surface area contributed by atoms with Gasteiger partial charge in [-0.3, -0.25) is 9.59 Å². The van der Waals surface area contributed by atoms with Crippen molar-refractivity contribution < 1.29 is 23.9 Å². The monoisotopic (exact) mass is 551 g/mol. The molecule has 0 radical (unpaired) electrons. The number of hydrogen-bond donors (Lipinski definition) is 3. The highest BCUT2D eigenvalue weighted by atomic mass is 16.5. The minimum Gasteiger partial charge on any atom is -0.489 e. The van der Waals surface area contributed by atoms with Crippen molar-refractivity contribution in [3.8, 4) is 5.75 Å². The van der Waals surface area contributed by atoms with Crippen LogP contribution < -0.4 is 21.1 Å². The van der Waals surface area contributed by atoms with Gasteiger partial charge in [-0.05, 0) is 34.4 Å². The van der Waals surface area contributed by atoms with Crippen molar-refractivity contribution in [3.63, 3.8) is 0 Å². The molecule has 0 saturated carbocycles. The molecule has 0 aliphatic rings. The van der Waals surface area contributed by atoms with Gasteiger partial charge in [-0.25, -0.2) is 4.79 Å². The number of carbonyl (C=O) groups is 3. The zero-order valence-corrected chi connectivity index (χ0v) is 22.6. The molecule has 4 rings (SSSR count). The number of carbonyl (C=O) groups excluding carboxylic acids is 3. The van der Waals surface area contributed by atoms with Gasteiger partial charge in [-0.15, -0.1) is 0 Å². The number of ether oxygens (including phenoxy) is 2. The van der Waals surface area contributed by atoms with Gasteiger partial charge in [0.05, 0.1) is 0 Å². The van der Waals surface area contributed by atoms with Gasteiger partial charge in [0.25, 0.3) is 0 Å². The highest BCUT2D eigenvalue weighted by Gasteiger charge is 2.27. The molecule has 2 atom stereocenters. The van der Waals surface area contributed by atoms with Crippen LogP contribution in [0.3, 0.4) is 0 Å². The molecule has 4 aromatic rings. The quantitative estimate of drug-likeness (QED) is 0.229. The van der Waals surface area contributed by atoms with E-state index in [4.69, 9.17) is 15.2 Å². The Morgan fingerprint density at radius 1 is 0.585 bits per heavy atom. The normalized spacial score (nSPS) is 12.0. The molecular weight excluding hydrogens is 518 g/mol. The van der Waals surface area contributed by atoms with Crippen LogP contribution in [-0.2, 0) is 40.4 Å².